The molecular formula is C18H20N2O4. The molecule has 1 aromatic heterocycles. The summed E-state index contributed by atoms with van der Waals surface area (Å²) in [7, 11) is 2.81. The van der Waals surface area contributed by atoms with Gasteiger partial charge in [0, 0.05) is 11.8 Å². The van der Waals surface area contributed by atoms with Crippen LogP contribution in [0.15, 0.2) is 36.7 Å². The molecular weight excluding hydrogens is 308 g/mol. The Labute approximate surface area is 141 Å². The molecule has 0 bridgehead atoms. The highest BCUT2D eigenvalue weighted by Gasteiger charge is 2.17. The van der Waals surface area contributed by atoms with Gasteiger partial charge in [0.1, 0.15) is 18.0 Å². The lowest BCUT2D eigenvalue weighted by atomic mass is 10.0. The third kappa shape index (κ3) is 4.10. The molecule has 1 heterocycles. The van der Waals surface area contributed by atoms with Crippen molar-refractivity contribution < 1.29 is 19.0 Å². The van der Waals surface area contributed by atoms with Gasteiger partial charge in [-0.1, -0.05) is 24.3 Å². The van der Waals surface area contributed by atoms with Gasteiger partial charge in [0.2, 0.25) is 5.88 Å². The second-order valence-electron chi connectivity index (χ2n) is 5.11. The molecule has 1 aromatic carbocycles. The Morgan fingerprint density at radius 1 is 1.21 bits per heavy atom. The molecule has 0 N–H and O–H groups in total. The van der Waals surface area contributed by atoms with Crippen LogP contribution < -0.4 is 4.74 Å². The van der Waals surface area contributed by atoms with E-state index in [1.807, 2.05) is 31.2 Å². The van der Waals surface area contributed by atoms with Gasteiger partial charge in [-0.25, -0.2) is 9.78 Å². The quantitative estimate of drug-likeness (QED) is 0.461. The third-order valence-corrected chi connectivity index (χ3v) is 3.36. The van der Waals surface area contributed by atoms with Gasteiger partial charge in [-0.15, -0.1) is 0 Å². The minimum atomic E-state index is -0.474. The first-order chi connectivity index (χ1) is 11.6. The number of ether oxygens (including phenoxy) is 3. The predicted molar refractivity (Wildman–Crippen MR) is 89.3 cm³/mol. The maximum atomic E-state index is 12.0. The van der Waals surface area contributed by atoms with Gasteiger partial charge >= 0.3 is 5.97 Å². The van der Waals surface area contributed by atoms with E-state index in [-0.39, 0.29) is 6.61 Å². The highest BCUT2D eigenvalue weighted by atomic mass is 16.5. The van der Waals surface area contributed by atoms with E-state index in [2.05, 4.69) is 9.97 Å². The van der Waals surface area contributed by atoms with Gasteiger partial charge in [-0.3, -0.25) is 0 Å². The van der Waals surface area contributed by atoms with Gasteiger partial charge in [0.15, 0.2) is 0 Å². The molecule has 2 rings (SSSR count). The summed E-state index contributed by atoms with van der Waals surface area (Å²) in [5, 5.41) is 0. The van der Waals surface area contributed by atoms with Crippen LogP contribution in [0.25, 0.3) is 5.57 Å². The van der Waals surface area contributed by atoms with Crippen LogP contribution in [-0.4, -0.2) is 30.2 Å². The van der Waals surface area contributed by atoms with Gasteiger partial charge in [-0.05, 0) is 25.0 Å². The van der Waals surface area contributed by atoms with Crippen molar-refractivity contribution >= 4 is 11.5 Å². The normalized spacial score (nSPS) is 11.1. The highest BCUT2D eigenvalue weighted by Crippen LogP contribution is 2.23. The number of methoxy groups -OCH3 is 2. The van der Waals surface area contributed by atoms with Crippen LogP contribution in [0.1, 0.15) is 22.5 Å². The first-order valence-electron chi connectivity index (χ1n) is 7.39. The number of hydrogen-bond acceptors (Lipinski definition) is 6. The Kier molecular flexibility index (Phi) is 5.89. The van der Waals surface area contributed by atoms with E-state index >= 15 is 0 Å². The monoisotopic (exact) mass is 328 g/mol. The Morgan fingerprint density at radius 2 is 1.96 bits per heavy atom. The second-order valence-corrected chi connectivity index (χ2v) is 5.11. The van der Waals surface area contributed by atoms with Crippen molar-refractivity contribution in [2.45, 2.75) is 20.5 Å². The van der Waals surface area contributed by atoms with Crippen molar-refractivity contribution in [3.8, 4) is 5.88 Å². The molecule has 6 nitrogen and oxygen atoms in total. The maximum absolute atomic E-state index is 12.0. The number of aryl methyl sites for hydroxylation is 2. The number of carbonyl (C=O) groups is 1. The molecule has 0 saturated carbocycles. The summed E-state index contributed by atoms with van der Waals surface area (Å²) >= 11 is 0. The zero-order chi connectivity index (χ0) is 17.5. The molecule has 0 aliphatic rings. The van der Waals surface area contributed by atoms with Gasteiger partial charge in [0.25, 0.3) is 0 Å². The van der Waals surface area contributed by atoms with Gasteiger partial charge in [-0.2, -0.15) is 4.98 Å². The lowest BCUT2D eigenvalue weighted by Crippen LogP contribution is -2.09. The van der Waals surface area contributed by atoms with Crippen LogP contribution in [0, 0.1) is 13.8 Å². The zero-order valence-electron chi connectivity index (χ0n) is 14.2. The van der Waals surface area contributed by atoms with E-state index in [1.54, 1.807) is 13.1 Å². The largest absolute Gasteiger partial charge is 0.503 e. The highest BCUT2D eigenvalue weighted by molar-refractivity contribution is 6.16. The summed E-state index contributed by atoms with van der Waals surface area (Å²) in [4.78, 5) is 20.4. The summed E-state index contributed by atoms with van der Waals surface area (Å²) in [5.74, 6) is 0.685. The number of nitrogens with zero attached hydrogens (tertiary/aromatic N) is 2. The average Bonchev–Trinajstić information content (AvgIpc) is 2.60. The van der Waals surface area contributed by atoms with Crippen molar-refractivity contribution in [1.29, 1.82) is 0 Å². The average molecular weight is 328 g/mol. The lowest BCUT2D eigenvalue weighted by Gasteiger charge is -2.13. The summed E-state index contributed by atoms with van der Waals surface area (Å²) < 4.78 is 15.6. The smallest absolute Gasteiger partial charge is 0.341 e. The number of esters is 1. The Hall–Kier alpha value is -2.89. The minimum Gasteiger partial charge on any atom is -0.503 e. The van der Waals surface area contributed by atoms with E-state index in [0.717, 1.165) is 11.1 Å². The van der Waals surface area contributed by atoms with Crippen molar-refractivity contribution in [3.63, 3.8) is 0 Å². The van der Waals surface area contributed by atoms with Crippen LogP contribution in [-0.2, 0) is 20.9 Å². The third-order valence-electron chi connectivity index (χ3n) is 3.36. The molecule has 126 valence electrons. The van der Waals surface area contributed by atoms with E-state index in [0.29, 0.717) is 22.8 Å². The molecule has 24 heavy (non-hydrogen) atoms. The molecule has 0 aliphatic carbocycles. The SMILES string of the molecule is CO/C=C(/C(=O)OC)c1ccccc1COc1nc(C)ncc1C. The Bertz CT molecular complexity index is 756. The molecule has 0 saturated heterocycles. The molecule has 0 amide bonds. The summed E-state index contributed by atoms with van der Waals surface area (Å²) in [6, 6.07) is 7.41. The first-order valence-corrected chi connectivity index (χ1v) is 7.39. The van der Waals surface area contributed by atoms with Crippen molar-refractivity contribution in [3.05, 3.63) is 59.2 Å². The van der Waals surface area contributed by atoms with E-state index in [9.17, 15) is 4.79 Å². The van der Waals surface area contributed by atoms with Crippen molar-refractivity contribution in [2.24, 2.45) is 0 Å². The first kappa shape index (κ1) is 17.5. The standard InChI is InChI=1S/C18H20N2O4/c1-12-9-19-13(2)20-17(12)24-10-14-7-5-6-8-15(14)16(11-22-3)18(21)23-4/h5-9,11H,10H2,1-4H3/b16-11+. The Morgan fingerprint density at radius 3 is 2.67 bits per heavy atom. The number of rotatable bonds is 6. The van der Waals surface area contributed by atoms with Crippen LogP contribution >= 0.6 is 0 Å². The minimum absolute atomic E-state index is 0.255. The molecule has 0 fully saturated rings. The van der Waals surface area contributed by atoms with Crippen molar-refractivity contribution in [2.75, 3.05) is 14.2 Å². The maximum Gasteiger partial charge on any atom is 0.341 e. The van der Waals surface area contributed by atoms with E-state index in [1.165, 1.54) is 20.5 Å². The molecule has 6 heteroatoms. The molecule has 0 unspecified atom stereocenters. The molecule has 2 aromatic rings. The Balaban J connectivity index is 2.30. The predicted octanol–water partition coefficient (Wildman–Crippen LogP) is 2.83. The van der Waals surface area contributed by atoms with Gasteiger partial charge < -0.3 is 14.2 Å². The van der Waals surface area contributed by atoms with Crippen LogP contribution in [0.2, 0.25) is 0 Å². The molecule has 0 spiro atoms. The fourth-order valence-corrected chi connectivity index (χ4v) is 2.16. The number of benzene rings is 1. The number of carbonyl (C=O) groups excluding carboxylic acids is 1. The van der Waals surface area contributed by atoms with E-state index < -0.39 is 5.97 Å². The summed E-state index contributed by atoms with van der Waals surface area (Å²) in [6.45, 7) is 3.94. The van der Waals surface area contributed by atoms with Gasteiger partial charge in [0.05, 0.1) is 20.5 Å². The summed E-state index contributed by atoms with van der Waals surface area (Å²) in [6.07, 6.45) is 3.08. The second kappa shape index (κ2) is 8.10. The fourth-order valence-electron chi connectivity index (χ4n) is 2.16. The lowest BCUT2D eigenvalue weighted by molar-refractivity contribution is -0.133. The van der Waals surface area contributed by atoms with E-state index in [4.69, 9.17) is 14.2 Å². The fraction of sp³-hybridized carbons (Fsp3) is 0.278. The van der Waals surface area contributed by atoms with Crippen LogP contribution in [0.3, 0.4) is 0 Å². The van der Waals surface area contributed by atoms with Crippen LogP contribution in [0.5, 0.6) is 5.88 Å². The zero-order valence-corrected chi connectivity index (χ0v) is 14.2. The topological polar surface area (TPSA) is 70.5 Å². The summed E-state index contributed by atoms with van der Waals surface area (Å²) in [5.41, 5.74) is 2.69. The van der Waals surface area contributed by atoms with Crippen molar-refractivity contribution in [1.82, 2.24) is 9.97 Å². The number of aromatic nitrogens is 2. The molecule has 0 radical (unpaired) electrons. The number of hydrogen-bond donors (Lipinski definition) is 0. The molecule has 0 atom stereocenters. The molecule has 0 aliphatic heterocycles. The van der Waals surface area contributed by atoms with Crippen LogP contribution in [0.4, 0.5) is 0 Å².